The van der Waals surface area contributed by atoms with E-state index in [0.29, 0.717) is 6.54 Å². The van der Waals surface area contributed by atoms with Crippen molar-refractivity contribution in [3.05, 3.63) is 36.3 Å². The summed E-state index contributed by atoms with van der Waals surface area (Å²) in [4.78, 5) is 3.90. The van der Waals surface area contributed by atoms with Gasteiger partial charge in [0.1, 0.15) is 10.7 Å². The van der Waals surface area contributed by atoms with E-state index in [1.165, 1.54) is 10.5 Å². The van der Waals surface area contributed by atoms with Gasteiger partial charge in [0.25, 0.3) is 0 Å². The van der Waals surface area contributed by atoms with Crippen LogP contribution in [0.15, 0.2) is 35.6 Å². The third kappa shape index (κ3) is 2.74. The van der Waals surface area contributed by atoms with Crippen LogP contribution in [0.25, 0.3) is 0 Å². The van der Waals surface area contributed by atoms with Gasteiger partial charge in [-0.1, -0.05) is 6.92 Å². The molecule has 0 radical (unpaired) electrons. The van der Waals surface area contributed by atoms with Gasteiger partial charge in [-0.15, -0.1) is 0 Å². The third-order valence-electron chi connectivity index (χ3n) is 2.71. The SMILES string of the molecule is CCN(Cc1ccncc1)S(=O)(=O)c1cn[nH]c1N. The lowest BCUT2D eigenvalue weighted by Gasteiger charge is -2.19. The van der Waals surface area contributed by atoms with E-state index in [-0.39, 0.29) is 17.3 Å². The van der Waals surface area contributed by atoms with E-state index in [4.69, 9.17) is 5.73 Å². The van der Waals surface area contributed by atoms with Gasteiger partial charge in [0.05, 0.1) is 6.20 Å². The van der Waals surface area contributed by atoms with Crippen LogP contribution in [0.2, 0.25) is 0 Å². The molecular weight excluding hydrogens is 266 g/mol. The van der Waals surface area contributed by atoms with E-state index < -0.39 is 10.0 Å². The van der Waals surface area contributed by atoms with Gasteiger partial charge in [-0.05, 0) is 17.7 Å². The number of H-pyrrole nitrogens is 1. The van der Waals surface area contributed by atoms with Gasteiger partial charge in [0.15, 0.2) is 0 Å². The Morgan fingerprint density at radius 1 is 1.37 bits per heavy atom. The second-order valence-corrected chi connectivity index (χ2v) is 5.84. The molecule has 2 heterocycles. The normalized spacial score (nSPS) is 11.9. The molecule has 19 heavy (non-hydrogen) atoms. The summed E-state index contributed by atoms with van der Waals surface area (Å²) in [5, 5.41) is 6.08. The van der Waals surface area contributed by atoms with Crippen molar-refractivity contribution >= 4 is 15.8 Å². The maximum absolute atomic E-state index is 12.4. The molecule has 2 rings (SSSR count). The molecule has 0 aliphatic heterocycles. The largest absolute Gasteiger partial charge is 0.383 e. The fourth-order valence-corrected chi connectivity index (χ4v) is 3.13. The molecule has 3 N–H and O–H groups in total. The number of nitrogens with two attached hydrogens (primary N) is 1. The summed E-state index contributed by atoms with van der Waals surface area (Å²) in [7, 11) is -3.64. The molecule has 0 unspecified atom stereocenters. The van der Waals surface area contributed by atoms with Crippen LogP contribution in [0.4, 0.5) is 5.82 Å². The molecule has 0 aliphatic carbocycles. The molecular formula is C11H15N5O2S. The van der Waals surface area contributed by atoms with Crippen LogP contribution in [0.5, 0.6) is 0 Å². The Balaban J connectivity index is 2.30. The van der Waals surface area contributed by atoms with Crippen LogP contribution in [-0.2, 0) is 16.6 Å². The van der Waals surface area contributed by atoms with Crippen LogP contribution in [0.3, 0.4) is 0 Å². The highest BCUT2D eigenvalue weighted by atomic mass is 32.2. The number of hydrogen-bond donors (Lipinski definition) is 2. The molecule has 0 aromatic carbocycles. The molecule has 102 valence electrons. The number of pyridine rings is 1. The van der Waals surface area contributed by atoms with Crippen molar-refractivity contribution in [1.82, 2.24) is 19.5 Å². The number of nitrogen functional groups attached to an aromatic ring is 1. The van der Waals surface area contributed by atoms with Gasteiger partial charge in [-0.3, -0.25) is 10.1 Å². The number of anilines is 1. The fourth-order valence-electron chi connectivity index (χ4n) is 1.69. The van der Waals surface area contributed by atoms with Crippen molar-refractivity contribution in [3.8, 4) is 0 Å². The minimum Gasteiger partial charge on any atom is -0.383 e. The van der Waals surface area contributed by atoms with Gasteiger partial charge < -0.3 is 5.73 Å². The van der Waals surface area contributed by atoms with E-state index >= 15 is 0 Å². The molecule has 0 spiro atoms. The Morgan fingerprint density at radius 3 is 2.58 bits per heavy atom. The minimum absolute atomic E-state index is 0.00315. The first-order valence-electron chi connectivity index (χ1n) is 5.73. The number of nitrogens with one attached hydrogen (secondary N) is 1. The Labute approximate surface area is 111 Å². The van der Waals surface area contributed by atoms with E-state index in [9.17, 15) is 8.42 Å². The Bertz CT molecular complexity index is 638. The first-order valence-corrected chi connectivity index (χ1v) is 7.17. The molecule has 0 saturated heterocycles. The predicted molar refractivity (Wildman–Crippen MR) is 70.5 cm³/mol. The average Bonchev–Trinajstić information content (AvgIpc) is 2.84. The maximum Gasteiger partial charge on any atom is 0.248 e. The number of rotatable bonds is 5. The van der Waals surface area contributed by atoms with Crippen molar-refractivity contribution in [1.29, 1.82) is 0 Å². The Morgan fingerprint density at radius 2 is 2.05 bits per heavy atom. The zero-order valence-electron chi connectivity index (χ0n) is 10.4. The summed E-state index contributed by atoms with van der Waals surface area (Å²) < 4.78 is 26.2. The molecule has 0 bridgehead atoms. The zero-order chi connectivity index (χ0) is 13.9. The summed E-state index contributed by atoms with van der Waals surface area (Å²) in [5.74, 6) is 0.0492. The summed E-state index contributed by atoms with van der Waals surface area (Å²) in [6.45, 7) is 2.39. The number of hydrogen-bond acceptors (Lipinski definition) is 5. The van der Waals surface area contributed by atoms with E-state index in [1.54, 1.807) is 31.5 Å². The second-order valence-electron chi connectivity index (χ2n) is 3.93. The first-order chi connectivity index (χ1) is 9.05. The second kappa shape index (κ2) is 5.37. The monoisotopic (exact) mass is 281 g/mol. The standard InChI is InChI=1S/C11H15N5O2S/c1-2-16(8-9-3-5-13-6-4-9)19(17,18)10-7-14-15-11(10)12/h3-7H,2,8H2,1H3,(H3,12,14,15). The van der Waals surface area contributed by atoms with Gasteiger partial charge in [0, 0.05) is 25.5 Å². The molecule has 0 saturated carbocycles. The van der Waals surface area contributed by atoms with Gasteiger partial charge in [-0.25, -0.2) is 8.42 Å². The van der Waals surface area contributed by atoms with Gasteiger partial charge in [-0.2, -0.15) is 9.40 Å². The third-order valence-corrected chi connectivity index (χ3v) is 4.66. The molecule has 0 aliphatic rings. The molecule has 2 aromatic heterocycles. The summed E-state index contributed by atoms with van der Waals surface area (Å²) in [6, 6.07) is 3.55. The first kappa shape index (κ1) is 13.5. The number of aromatic nitrogens is 3. The lowest BCUT2D eigenvalue weighted by molar-refractivity contribution is 0.423. The number of sulfonamides is 1. The smallest absolute Gasteiger partial charge is 0.248 e. The minimum atomic E-state index is -3.64. The molecule has 0 fully saturated rings. The predicted octanol–water partition coefficient (Wildman–Crippen LogP) is 0.598. The highest BCUT2D eigenvalue weighted by Gasteiger charge is 2.26. The highest BCUT2D eigenvalue weighted by Crippen LogP contribution is 2.21. The molecule has 2 aromatic rings. The van der Waals surface area contributed by atoms with Crippen LogP contribution >= 0.6 is 0 Å². The van der Waals surface area contributed by atoms with Crippen molar-refractivity contribution in [2.75, 3.05) is 12.3 Å². The van der Waals surface area contributed by atoms with E-state index in [2.05, 4.69) is 15.2 Å². The zero-order valence-corrected chi connectivity index (χ0v) is 11.3. The van der Waals surface area contributed by atoms with Crippen molar-refractivity contribution in [2.24, 2.45) is 0 Å². The van der Waals surface area contributed by atoms with Crippen molar-refractivity contribution in [2.45, 2.75) is 18.4 Å². The highest BCUT2D eigenvalue weighted by molar-refractivity contribution is 7.89. The lowest BCUT2D eigenvalue weighted by Crippen LogP contribution is -2.30. The average molecular weight is 281 g/mol. The number of nitrogens with zero attached hydrogens (tertiary/aromatic N) is 3. The summed E-state index contributed by atoms with van der Waals surface area (Å²) in [5.41, 5.74) is 6.44. The van der Waals surface area contributed by atoms with Crippen molar-refractivity contribution < 1.29 is 8.42 Å². The molecule has 8 heteroatoms. The summed E-state index contributed by atoms with van der Waals surface area (Å²) >= 11 is 0. The number of aromatic amines is 1. The van der Waals surface area contributed by atoms with Gasteiger partial charge in [0.2, 0.25) is 10.0 Å². The summed E-state index contributed by atoms with van der Waals surface area (Å²) in [6.07, 6.45) is 4.48. The van der Waals surface area contributed by atoms with Crippen LogP contribution in [0, 0.1) is 0 Å². The topological polar surface area (TPSA) is 105 Å². The fraction of sp³-hybridized carbons (Fsp3) is 0.273. The molecule has 7 nitrogen and oxygen atoms in total. The quantitative estimate of drug-likeness (QED) is 0.835. The maximum atomic E-state index is 12.4. The molecule has 0 atom stereocenters. The Kier molecular flexibility index (Phi) is 3.82. The van der Waals surface area contributed by atoms with Crippen LogP contribution in [0.1, 0.15) is 12.5 Å². The Hall–Kier alpha value is -1.93. The van der Waals surface area contributed by atoms with Crippen LogP contribution < -0.4 is 5.73 Å². The van der Waals surface area contributed by atoms with Crippen molar-refractivity contribution in [3.63, 3.8) is 0 Å². The van der Waals surface area contributed by atoms with Crippen LogP contribution in [-0.4, -0.2) is 34.4 Å². The lowest BCUT2D eigenvalue weighted by atomic mass is 10.3. The van der Waals surface area contributed by atoms with E-state index in [1.807, 2.05) is 0 Å². The van der Waals surface area contributed by atoms with E-state index in [0.717, 1.165) is 5.56 Å². The molecule has 0 amide bonds. The van der Waals surface area contributed by atoms with Gasteiger partial charge >= 0.3 is 0 Å².